The van der Waals surface area contributed by atoms with Crippen LogP contribution >= 0.6 is 0 Å². The highest BCUT2D eigenvalue weighted by Crippen LogP contribution is 2.30. The van der Waals surface area contributed by atoms with Crippen LogP contribution in [0.3, 0.4) is 0 Å². The molecule has 0 aliphatic heterocycles. The Kier molecular flexibility index (Phi) is 4.08. The highest BCUT2D eigenvalue weighted by molar-refractivity contribution is 5.77. The molecule has 0 atom stereocenters. The lowest BCUT2D eigenvalue weighted by Gasteiger charge is -2.09. The summed E-state index contributed by atoms with van der Waals surface area (Å²) >= 11 is 0. The fourth-order valence-electron chi connectivity index (χ4n) is 1.81. The SMILES string of the molecule is CCOc1ccc(-c2ccc(C=O)c(F)c2)c(F)c1F. The molecule has 2 rings (SSSR count). The fourth-order valence-corrected chi connectivity index (χ4v) is 1.81. The lowest BCUT2D eigenvalue weighted by molar-refractivity contribution is 0.112. The smallest absolute Gasteiger partial charge is 0.201 e. The number of carbonyl (C=O) groups is 1. The molecule has 0 spiro atoms. The Hall–Kier alpha value is -2.30. The molecule has 0 saturated carbocycles. The largest absolute Gasteiger partial charge is 0.491 e. The van der Waals surface area contributed by atoms with E-state index in [0.29, 0.717) is 6.29 Å². The van der Waals surface area contributed by atoms with Crippen molar-refractivity contribution >= 4 is 6.29 Å². The van der Waals surface area contributed by atoms with Crippen LogP contribution in [-0.2, 0) is 0 Å². The predicted octanol–water partition coefficient (Wildman–Crippen LogP) is 3.98. The minimum absolute atomic E-state index is 0.0951. The standard InChI is InChI=1S/C15H11F3O2/c1-2-20-13-6-5-11(14(17)15(13)18)9-3-4-10(8-19)12(16)7-9/h3-8H,2H2,1H3. The quantitative estimate of drug-likeness (QED) is 0.792. The molecule has 0 saturated heterocycles. The summed E-state index contributed by atoms with van der Waals surface area (Å²) in [4.78, 5) is 10.5. The number of rotatable bonds is 4. The molecule has 0 unspecified atom stereocenters. The van der Waals surface area contributed by atoms with Gasteiger partial charge in [0.15, 0.2) is 17.9 Å². The normalized spacial score (nSPS) is 10.4. The van der Waals surface area contributed by atoms with Gasteiger partial charge in [0.2, 0.25) is 5.82 Å². The van der Waals surface area contributed by atoms with E-state index in [0.717, 1.165) is 6.07 Å². The maximum Gasteiger partial charge on any atom is 0.201 e. The number of hydrogen-bond donors (Lipinski definition) is 0. The third-order valence-corrected chi connectivity index (χ3v) is 2.79. The van der Waals surface area contributed by atoms with Gasteiger partial charge in [0.05, 0.1) is 12.2 Å². The lowest BCUT2D eigenvalue weighted by Crippen LogP contribution is -1.99. The number of aldehydes is 1. The molecule has 0 fully saturated rings. The van der Waals surface area contributed by atoms with Crippen molar-refractivity contribution in [3.8, 4) is 16.9 Å². The van der Waals surface area contributed by atoms with Crippen LogP contribution in [0, 0.1) is 17.5 Å². The number of halogens is 3. The molecule has 20 heavy (non-hydrogen) atoms. The average molecular weight is 280 g/mol. The van der Waals surface area contributed by atoms with Gasteiger partial charge in [-0.2, -0.15) is 4.39 Å². The molecule has 0 aliphatic carbocycles. The van der Waals surface area contributed by atoms with E-state index < -0.39 is 17.5 Å². The van der Waals surface area contributed by atoms with Crippen LogP contribution in [0.4, 0.5) is 13.2 Å². The van der Waals surface area contributed by atoms with E-state index in [2.05, 4.69) is 0 Å². The monoisotopic (exact) mass is 280 g/mol. The molecule has 0 amide bonds. The van der Waals surface area contributed by atoms with Crippen LogP contribution in [0.25, 0.3) is 11.1 Å². The summed E-state index contributed by atoms with van der Waals surface area (Å²) in [6.07, 6.45) is 0.355. The van der Waals surface area contributed by atoms with Crippen molar-refractivity contribution in [3.05, 3.63) is 53.3 Å². The number of carbonyl (C=O) groups excluding carboxylic acids is 1. The molecule has 2 aromatic rings. The Bertz CT molecular complexity index is 654. The van der Waals surface area contributed by atoms with E-state index in [1.165, 1.54) is 24.3 Å². The fraction of sp³-hybridized carbons (Fsp3) is 0.133. The topological polar surface area (TPSA) is 26.3 Å². The van der Waals surface area contributed by atoms with Gasteiger partial charge in [-0.25, -0.2) is 8.78 Å². The van der Waals surface area contributed by atoms with E-state index in [1.54, 1.807) is 6.92 Å². The van der Waals surface area contributed by atoms with E-state index in [4.69, 9.17) is 4.74 Å². The van der Waals surface area contributed by atoms with Crippen molar-refractivity contribution in [3.63, 3.8) is 0 Å². The predicted molar refractivity (Wildman–Crippen MR) is 68.3 cm³/mol. The Balaban J connectivity index is 2.50. The Morgan fingerprint density at radius 1 is 1.10 bits per heavy atom. The number of ether oxygens (including phenoxy) is 1. The van der Waals surface area contributed by atoms with Gasteiger partial charge in [-0.3, -0.25) is 4.79 Å². The molecule has 0 radical (unpaired) electrons. The van der Waals surface area contributed by atoms with E-state index >= 15 is 0 Å². The van der Waals surface area contributed by atoms with Crippen molar-refractivity contribution in [1.82, 2.24) is 0 Å². The Morgan fingerprint density at radius 2 is 1.85 bits per heavy atom. The zero-order chi connectivity index (χ0) is 14.7. The summed E-state index contributed by atoms with van der Waals surface area (Å²) in [5.41, 5.74) is -0.0876. The molecule has 0 bridgehead atoms. The minimum atomic E-state index is -1.12. The van der Waals surface area contributed by atoms with Gasteiger partial charge in [-0.1, -0.05) is 6.07 Å². The van der Waals surface area contributed by atoms with Gasteiger partial charge in [-0.05, 0) is 36.8 Å². The molecule has 0 aliphatic rings. The Labute approximate surface area is 113 Å². The van der Waals surface area contributed by atoms with Crippen LogP contribution in [0.5, 0.6) is 5.75 Å². The third-order valence-electron chi connectivity index (χ3n) is 2.79. The van der Waals surface area contributed by atoms with Crippen LogP contribution < -0.4 is 4.74 Å². The summed E-state index contributed by atoms with van der Waals surface area (Å²) in [6.45, 7) is 1.86. The molecular formula is C15H11F3O2. The molecule has 2 nitrogen and oxygen atoms in total. The minimum Gasteiger partial charge on any atom is -0.491 e. The summed E-state index contributed by atoms with van der Waals surface area (Å²) < 4.78 is 46.1. The van der Waals surface area contributed by atoms with E-state index in [1.807, 2.05) is 0 Å². The highest BCUT2D eigenvalue weighted by Gasteiger charge is 2.16. The summed E-state index contributed by atoms with van der Waals surface area (Å²) in [5, 5.41) is 0. The second kappa shape index (κ2) is 5.77. The highest BCUT2D eigenvalue weighted by atomic mass is 19.2. The molecule has 2 aromatic carbocycles. The van der Waals surface area contributed by atoms with Gasteiger partial charge in [0.1, 0.15) is 5.82 Å². The zero-order valence-corrected chi connectivity index (χ0v) is 10.6. The van der Waals surface area contributed by atoms with E-state index in [9.17, 15) is 18.0 Å². The van der Waals surface area contributed by atoms with Gasteiger partial charge in [-0.15, -0.1) is 0 Å². The molecule has 0 N–H and O–H groups in total. The molecule has 104 valence electrons. The first-order valence-electron chi connectivity index (χ1n) is 5.94. The van der Waals surface area contributed by atoms with Crippen molar-refractivity contribution < 1.29 is 22.7 Å². The van der Waals surface area contributed by atoms with Crippen LogP contribution in [0.1, 0.15) is 17.3 Å². The van der Waals surface area contributed by atoms with Crippen LogP contribution in [-0.4, -0.2) is 12.9 Å². The maximum atomic E-state index is 13.9. The number of hydrogen-bond acceptors (Lipinski definition) is 2. The third kappa shape index (κ3) is 2.52. The van der Waals surface area contributed by atoms with E-state index in [-0.39, 0.29) is 29.0 Å². The zero-order valence-electron chi connectivity index (χ0n) is 10.6. The summed E-state index contributed by atoms with van der Waals surface area (Å²) in [6, 6.07) is 6.14. The van der Waals surface area contributed by atoms with Crippen molar-refractivity contribution in [1.29, 1.82) is 0 Å². The summed E-state index contributed by atoms with van der Waals surface area (Å²) in [7, 11) is 0. The van der Waals surface area contributed by atoms with Gasteiger partial charge >= 0.3 is 0 Å². The second-order valence-electron chi connectivity index (χ2n) is 4.03. The van der Waals surface area contributed by atoms with Gasteiger partial charge < -0.3 is 4.74 Å². The second-order valence-corrected chi connectivity index (χ2v) is 4.03. The summed E-state index contributed by atoms with van der Waals surface area (Å²) in [5.74, 6) is -3.22. The first kappa shape index (κ1) is 14.1. The van der Waals surface area contributed by atoms with Crippen molar-refractivity contribution in [2.45, 2.75) is 6.92 Å². The van der Waals surface area contributed by atoms with Crippen molar-refractivity contribution in [2.75, 3.05) is 6.61 Å². The van der Waals surface area contributed by atoms with Gasteiger partial charge in [0, 0.05) is 5.56 Å². The number of benzene rings is 2. The molecule has 0 heterocycles. The Morgan fingerprint density at radius 3 is 2.45 bits per heavy atom. The lowest BCUT2D eigenvalue weighted by atomic mass is 10.0. The molecule has 0 aromatic heterocycles. The van der Waals surface area contributed by atoms with Crippen LogP contribution in [0.15, 0.2) is 30.3 Å². The first-order chi connectivity index (χ1) is 9.58. The van der Waals surface area contributed by atoms with Crippen molar-refractivity contribution in [2.24, 2.45) is 0 Å². The average Bonchev–Trinajstić information content (AvgIpc) is 2.44. The maximum absolute atomic E-state index is 13.9. The van der Waals surface area contributed by atoms with Gasteiger partial charge in [0.25, 0.3) is 0 Å². The molecule has 5 heteroatoms. The molecular weight excluding hydrogens is 269 g/mol. The van der Waals surface area contributed by atoms with Crippen LogP contribution in [0.2, 0.25) is 0 Å². The first-order valence-corrected chi connectivity index (χ1v) is 5.94.